The Morgan fingerprint density at radius 2 is 2.25 bits per heavy atom. The highest BCUT2D eigenvalue weighted by molar-refractivity contribution is 5.75. The molecule has 4 heteroatoms. The van der Waals surface area contributed by atoms with Crippen LogP contribution in [-0.4, -0.2) is 19.6 Å². The number of aryl methyl sites for hydroxylation is 1. The van der Waals surface area contributed by atoms with E-state index in [9.17, 15) is 4.79 Å². The SMILES string of the molecule is CNC(C)c1cc(C)ccc1OCC(N)=O. The molecule has 16 heavy (non-hydrogen) atoms. The summed E-state index contributed by atoms with van der Waals surface area (Å²) in [6, 6.07) is 6.02. The number of hydrogen-bond donors (Lipinski definition) is 2. The van der Waals surface area contributed by atoms with Gasteiger partial charge < -0.3 is 15.8 Å². The van der Waals surface area contributed by atoms with E-state index >= 15 is 0 Å². The average molecular weight is 222 g/mol. The van der Waals surface area contributed by atoms with Crippen molar-refractivity contribution >= 4 is 5.91 Å². The van der Waals surface area contributed by atoms with Crippen LogP contribution >= 0.6 is 0 Å². The molecule has 1 amide bonds. The number of carbonyl (C=O) groups is 1. The highest BCUT2D eigenvalue weighted by Crippen LogP contribution is 2.25. The lowest BCUT2D eigenvalue weighted by Crippen LogP contribution is -2.21. The fourth-order valence-electron chi connectivity index (χ4n) is 1.44. The molecule has 0 heterocycles. The van der Waals surface area contributed by atoms with Gasteiger partial charge >= 0.3 is 0 Å². The molecule has 1 aromatic rings. The van der Waals surface area contributed by atoms with Gasteiger partial charge in [-0.05, 0) is 27.0 Å². The molecule has 0 aromatic heterocycles. The molecule has 88 valence electrons. The van der Waals surface area contributed by atoms with Gasteiger partial charge in [0, 0.05) is 11.6 Å². The third-order valence-electron chi connectivity index (χ3n) is 2.43. The van der Waals surface area contributed by atoms with Crippen LogP contribution in [0.15, 0.2) is 18.2 Å². The number of ether oxygens (including phenoxy) is 1. The standard InChI is InChI=1S/C12H18N2O2/c1-8-4-5-11(16-7-12(13)15)10(6-8)9(2)14-3/h4-6,9,14H,7H2,1-3H3,(H2,13,15). The third-order valence-corrected chi connectivity index (χ3v) is 2.43. The van der Waals surface area contributed by atoms with E-state index in [4.69, 9.17) is 10.5 Å². The van der Waals surface area contributed by atoms with Crippen LogP contribution < -0.4 is 15.8 Å². The van der Waals surface area contributed by atoms with Crippen molar-refractivity contribution in [1.29, 1.82) is 0 Å². The monoisotopic (exact) mass is 222 g/mol. The van der Waals surface area contributed by atoms with Gasteiger partial charge in [0.05, 0.1) is 0 Å². The van der Waals surface area contributed by atoms with Gasteiger partial charge in [0.15, 0.2) is 6.61 Å². The summed E-state index contributed by atoms with van der Waals surface area (Å²) in [5.41, 5.74) is 7.24. The number of benzene rings is 1. The predicted octanol–water partition coefficient (Wildman–Crippen LogP) is 1.14. The zero-order valence-corrected chi connectivity index (χ0v) is 9.91. The second-order valence-electron chi connectivity index (χ2n) is 3.81. The van der Waals surface area contributed by atoms with E-state index in [1.165, 1.54) is 0 Å². The molecule has 0 aliphatic rings. The van der Waals surface area contributed by atoms with Gasteiger partial charge in [0.25, 0.3) is 5.91 Å². The van der Waals surface area contributed by atoms with Gasteiger partial charge in [-0.1, -0.05) is 17.7 Å². The number of nitrogens with one attached hydrogen (secondary N) is 1. The number of nitrogens with two attached hydrogens (primary N) is 1. The smallest absolute Gasteiger partial charge is 0.255 e. The Labute approximate surface area is 95.8 Å². The van der Waals surface area contributed by atoms with Gasteiger partial charge in [-0.3, -0.25) is 4.79 Å². The van der Waals surface area contributed by atoms with Gasteiger partial charge in [0.2, 0.25) is 0 Å². The number of amides is 1. The summed E-state index contributed by atoms with van der Waals surface area (Å²) in [5, 5.41) is 3.14. The molecule has 0 bridgehead atoms. The highest BCUT2D eigenvalue weighted by Gasteiger charge is 2.10. The molecule has 1 atom stereocenters. The van der Waals surface area contributed by atoms with Crippen LogP contribution in [0.25, 0.3) is 0 Å². The minimum Gasteiger partial charge on any atom is -0.483 e. The second-order valence-corrected chi connectivity index (χ2v) is 3.81. The first-order valence-corrected chi connectivity index (χ1v) is 5.23. The maximum Gasteiger partial charge on any atom is 0.255 e. The first kappa shape index (κ1) is 12.5. The predicted molar refractivity (Wildman–Crippen MR) is 63.3 cm³/mol. The van der Waals surface area contributed by atoms with Crippen molar-refractivity contribution in [1.82, 2.24) is 5.32 Å². The number of primary amides is 1. The molecule has 0 radical (unpaired) electrons. The topological polar surface area (TPSA) is 64.3 Å². The van der Waals surface area contributed by atoms with Crippen molar-refractivity contribution in [2.45, 2.75) is 19.9 Å². The van der Waals surface area contributed by atoms with Gasteiger partial charge in [0.1, 0.15) is 5.75 Å². The molecule has 3 N–H and O–H groups in total. The minimum atomic E-state index is -0.469. The molecule has 0 saturated heterocycles. The van der Waals surface area contributed by atoms with Crippen LogP contribution in [0.1, 0.15) is 24.1 Å². The van der Waals surface area contributed by atoms with Crippen LogP contribution in [0.5, 0.6) is 5.75 Å². The fourth-order valence-corrected chi connectivity index (χ4v) is 1.44. The molecule has 0 saturated carbocycles. The van der Waals surface area contributed by atoms with E-state index in [2.05, 4.69) is 5.32 Å². The second kappa shape index (κ2) is 5.51. The number of rotatable bonds is 5. The molecule has 0 spiro atoms. The summed E-state index contributed by atoms with van der Waals surface area (Å²) in [4.78, 5) is 10.7. The van der Waals surface area contributed by atoms with Crippen molar-refractivity contribution in [2.24, 2.45) is 5.73 Å². The Balaban J connectivity index is 2.93. The maximum atomic E-state index is 10.7. The average Bonchev–Trinajstić information content (AvgIpc) is 2.26. The molecule has 0 fully saturated rings. The lowest BCUT2D eigenvalue weighted by atomic mass is 10.0. The minimum absolute atomic E-state index is 0.0908. The Kier molecular flexibility index (Phi) is 4.31. The zero-order chi connectivity index (χ0) is 12.1. The summed E-state index contributed by atoms with van der Waals surface area (Å²) in [5.74, 6) is 0.231. The first-order valence-electron chi connectivity index (χ1n) is 5.23. The van der Waals surface area contributed by atoms with E-state index < -0.39 is 5.91 Å². The van der Waals surface area contributed by atoms with Crippen LogP contribution in [0.4, 0.5) is 0 Å². The summed E-state index contributed by atoms with van der Waals surface area (Å²) in [6.45, 7) is 3.96. The third kappa shape index (κ3) is 3.24. The molecular formula is C12H18N2O2. The van der Waals surface area contributed by atoms with Crippen molar-refractivity contribution < 1.29 is 9.53 Å². The largest absolute Gasteiger partial charge is 0.483 e. The van der Waals surface area contributed by atoms with Crippen molar-refractivity contribution in [3.8, 4) is 5.75 Å². The van der Waals surface area contributed by atoms with Gasteiger partial charge in [-0.15, -0.1) is 0 Å². The van der Waals surface area contributed by atoms with E-state index in [1.807, 2.05) is 39.1 Å². The maximum absolute atomic E-state index is 10.7. The summed E-state index contributed by atoms with van der Waals surface area (Å²) in [7, 11) is 1.88. The Morgan fingerprint density at radius 1 is 1.56 bits per heavy atom. The van der Waals surface area contributed by atoms with Gasteiger partial charge in [-0.2, -0.15) is 0 Å². The molecule has 4 nitrogen and oxygen atoms in total. The number of carbonyl (C=O) groups excluding carboxylic acids is 1. The molecule has 1 unspecified atom stereocenters. The number of hydrogen-bond acceptors (Lipinski definition) is 3. The molecule has 1 rings (SSSR count). The van der Waals surface area contributed by atoms with Gasteiger partial charge in [-0.25, -0.2) is 0 Å². The summed E-state index contributed by atoms with van der Waals surface area (Å²) >= 11 is 0. The van der Waals surface area contributed by atoms with Crippen molar-refractivity contribution in [2.75, 3.05) is 13.7 Å². The lowest BCUT2D eigenvalue weighted by molar-refractivity contribution is -0.119. The molecule has 0 aliphatic carbocycles. The zero-order valence-electron chi connectivity index (χ0n) is 9.91. The van der Waals surface area contributed by atoms with Crippen molar-refractivity contribution in [3.05, 3.63) is 29.3 Å². The normalized spacial score (nSPS) is 12.2. The Morgan fingerprint density at radius 3 is 2.81 bits per heavy atom. The van der Waals surface area contributed by atoms with E-state index in [0.29, 0.717) is 5.75 Å². The van der Waals surface area contributed by atoms with E-state index in [0.717, 1.165) is 11.1 Å². The van der Waals surface area contributed by atoms with Crippen molar-refractivity contribution in [3.63, 3.8) is 0 Å². The Hall–Kier alpha value is -1.55. The van der Waals surface area contributed by atoms with E-state index in [-0.39, 0.29) is 12.6 Å². The quantitative estimate of drug-likeness (QED) is 0.785. The van der Waals surface area contributed by atoms with Crippen LogP contribution in [0, 0.1) is 6.92 Å². The summed E-state index contributed by atoms with van der Waals surface area (Å²) in [6.07, 6.45) is 0. The van der Waals surface area contributed by atoms with E-state index in [1.54, 1.807) is 0 Å². The van der Waals surface area contributed by atoms with Crippen LogP contribution in [0.2, 0.25) is 0 Å². The van der Waals surface area contributed by atoms with Crippen LogP contribution in [-0.2, 0) is 4.79 Å². The fraction of sp³-hybridized carbons (Fsp3) is 0.417. The highest BCUT2D eigenvalue weighted by atomic mass is 16.5. The van der Waals surface area contributed by atoms with Crippen LogP contribution in [0.3, 0.4) is 0 Å². The molecule has 1 aromatic carbocycles. The molecular weight excluding hydrogens is 204 g/mol. The first-order chi connectivity index (χ1) is 7.54. The Bertz CT molecular complexity index is 377. The molecule has 0 aliphatic heterocycles. The summed E-state index contributed by atoms with van der Waals surface area (Å²) < 4.78 is 5.36. The lowest BCUT2D eigenvalue weighted by Gasteiger charge is -2.16.